The summed E-state index contributed by atoms with van der Waals surface area (Å²) in [5, 5.41) is 7.99. The molecule has 1 heterocycles. The van der Waals surface area contributed by atoms with Gasteiger partial charge in [-0.2, -0.15) is 0 Å². The molecule has 2 nitrogen and oxygen atoms in total. The maximum absolute atomic E-state index is 6.34. The molecule has 20 heavy (non-hydrogen) atoms. The van der Waals surface area contributed by atoms with Crippen molar-refractivity contribution in [2.75, 3.05) is 11.9 Å². The zero-order chi connectivity index (χ0) is 13.9. The highest BCUT2D eigenvalue weighted by atomic mass is 79.9. The first kappa shape index (κ1) is 14.1. The molecule has 0 saturated carbocycles. The Morgan fingerprint density at radius 2 is 2.15 bits per heavy atom. The predicted octanol–water partition coefficient (Wildman–Crippen LogP) is 5.05. The Morgan fingerprint density at radius 1 is 1.30 bits per heavy atom. The van der Waals surface area contributed by atoms with Crippen LogP contribution >= 0.6 is 38.9 Å². The van der Waals surface area contributed by atoms with E-state index < -0.39 is 0 Å². The number of nitrogens with zero attached hydrogens (tertiary/aromatic N) is 1. The Hall–Kier alpha value is -0.840. The Bertz CT molecular complexity index is 640. The average molecular weight is 371 g/mol. The lowest BCUT2D eigenvalue weighted by atomic mass is 9.94. The second-order valence-electron chi connectivity index (χ2n) is 4.54. The van der Waals surface area contributed by atoms with E-state index in [0.29, 0.717) is 6.61 Å². The van der Waals surface area contributed by atoms with Crippen molar-refractivity contribution in [2.45, 2.75) is 12.3 Å². The second kappa shape index (κ2) is 6.29. The fourth-order valence-corrected chi connectivity index (χ4v) is 3.86. The van der Waals surface area contributed by atoms with Gasteiger partial charge in [-0.1, -0.05) is 50.9 Å². The van der Waals surface area contributed by atoms with E-state index >= 15 is 0 Å². The number of benzene rings is 1. The van der Waals surface area contributed by atoms with Gasteiger partial charge in [0.25, 0.3) is 0 Å². The minimum Gasteiger partial charge on any atom is -0.395 e. The van der Waals surface area contributed by atoms with Gasteiger partial charge in [0.15, 0.2) is 0 Å². The molecule has 1 aromatic carbocycles. The highest BCUT2D eigenvalue weighted by molar-refractivity contribution is 9.09. The van der Waals surface area contributed by atoms with Crippen LogP contribution in [0.15, 0.2) is 40.9 Å². The highest BCUT2D eigenvalue weighted by Crippen LogP contribution is 2.43. The molecule has 0 amide bonds. The van der Waals surface area contributed by atoms with Crippen LogP contribution in [0, 0.1) is 0 Å². The summed E-state index contributed by atoms with van der Waals surface area (Å²) >= 11 is 11.4. The van der Waals surface area contributed by atoms with Crippen LogP contribution in [0.4, 0.5) is 0 Å². The maximum atomic E-state index is 6.34. The minimum absolute atomic E-state index is 0.288. The monoisotopic (exact) mass is 369 g/mol. The molecule has 104 valence electrons. The zero-order valence-electron chi connectivity index (χ0n) is 10.7. The van der Waals surface area contributed by atoms with Gasteiger partial charge < -0.3 is 4.84 Å². The van der Waals surface area contributed by atoms with Crippen molar-refractivity contribution in [3.8, 4) is 0 Å². The molecule has 5 heteroatoms. The van der Waals surface area contributed by atoms with E-state index in [0.717, 1.165) is 22.5 Å². The van der Waals surface area contributed by atoms with E-state index in [1.54, 1.807) is 11.3 Å². The normalized spacial score (nSPS) is 19.3. The van der Waals surface area contributed by atoms with Crippen LogP contribution in [0.1, 0.15) is 28.3 Å². The molecule has 1 atom stereocenters. The lowest BCUT2D eigenvalue weighted by Gasteiger charge is -2.11. The topological polar surface area (TPSA) is 21.6 Å². The van der Waals surface area contributed by atoms with Crippen molar-refractivity contribution in [1.82, 2.24) is 0 Å². The molecule has 1 aliphatic rings. The summed E-state index contributed by atoms with van der Waals surface area (Å²) in [5.41, 5.74) is 3.50. The number of thiophene rings is 1. The van der Waals surface area contributed by atoms with E-state index in [1.165, 1.54) is 16.0 Å². The van der Waals surface area contributed by atoms with Crippen molar-refractivity contribution in [3.63, 3.8) is 0 Å². The third kappa shape index (κ3) is 2.65. The fourth-order valence-electron chi connectivity index (χ4n) is 2.50. The molecule has 0 N–H and O–H groups in total. The average Bonchev–Trinajstić information content (AvgIpc) is 3.03. The number of oxime groups is 1. The van der Waals surface area contributed by atoms with Crippen molar-refractivity contribution in [2.24, 2.45) is 5.16 Å². The predicted molar refractivity (Wildman–Crippen MR) is 88.5 cm³/mol. The van der Waals surface area contributed by atoms with Crippen LogP contribution in [-0.4, -0.2) is 17.6 Å². The van der Waals surface area contributed by atoms with Crippen LogP contribution in [0.25, 0.3) is 0 Å². The molecule has 3 rings (SSSR count). The van der Waals surface area contributed by atoms with Gasteiger partial charge in [-0.15, -0.1) is 11.3 Å². The quantitative estimate of drug-likeness (QED) is 0.419. The number of hydrogen-bond donors (Lipinski definition) is 0. The zero-order valence-corrected chi connectivity index (χ0v) is 13.8. The summed E-state index contributed by atoms with van der Waals surface area (Å²) in [5.74, 6) is 0.288. The van der Waals surface area contributed by atoms with Gasteiger partial charge in [-0.25, -0.2) is 0 Å². The van der Waals surface area contributed by atoms with Gasteiger partial charge in [0.1, 0.15) is 6.61 Å². The van der Waals surface area contributed by atoms with Crippen molar-refractivity contribution >= 4 is 44.6 Å². The SMILES string of the molecule is Clc1ccccc1C1CC(=NOCCBr)c2sccc21. The molecule has 1 aliphatic carbocycles. The second-order valence-corrected chi connectivity index (χ2v) is 6.66. The number of halogens is 2. The fraction of sp³-hybridized carbons (Fsp3) is 0.267. The first-order chi connectivity index (χ1) is 9.81. The van der Waals surface area contributed by atoms with Gasteiger partial charge in [0, 0.05) is 22.7 Å². The Balaban J connectivity index is 1.93. The summed E-state index contributed by atoms with van der Waals surface area (Å²) in [4.78, 5) is 6.55. The number of alkyl halides is 1. The molecular weight excluding hydrogens is 358 g/mol. The number of fused-ring (bicyclic) bond motifs is 1. The van der Waals surface area contributed by atoms with Gasteiger partial charge in [0.2, 0.25) is 0 Å². The summed E-state index contributed by atoms with van der Waals surface area (Å²) < 4.78 is 0. The third-order valence-electron chi connectivity index (χ3n) is 3.35. The van der Waals surface area contributed by atoms with Gasteiger partial charge in [-0.05, 0) is 28.6 Å². The molecule has 0 bridgehead atoms. The Morgan fingerprint density at radius 3 is 2.95 bits per heavy atom. The maximum Gasteiger partial charge on any atom is 0.126 e. The van der Waals surface area contributed by atoms with Crippen LogP contribution in [0.5, 0.6) is 0 Å². The van der Waals surface area contributed by atoms with E-state index in [-0.39, 0.29) is 5.92 Å². The summed E-state index contributed by atoms with van der Waals surface area (Å²) in [6, 6.07) is 10.2. The van der Waals surface area contributed by atoms with E-state index in [2.05, 4.69) is 38.6 Å². The van der Waals surface area contributed by atoms with Crippen LogP contribution < -0.4 is 0 Å². The molecule has 1 unspecified atom stereocenters. The smallest absolute Gasteiger partial charge is 0.126 e. The molecule has 0 radical (unpaired) electrons. The van der Waals surface area contributed by atoms with E-state index in [1.807, 2.05) is 18.2 Å². The van der Waals surface area contributed by atoms with Crippen LogP contribution in [0.2, 0.25) is 5.02 Å². The summed E-state index contributed by atoms with van der Waals surface area (Å²) in [7, 11) is 0. The van der Waals surface area contributed by atoms with Crippen LogP contribution in [-0.2, 0) is 4.84 Å². The molecule has 2 aromatic rings. The first-order valence-corrected chi connectivity index (χ1v) is 8.76. The number of hydrogen-bond acceptors (Lipinski definition) is 3. The lowest BCUT2D eigenvalue weighted by molar-refractivity contribution is 0.162. The van der Waals surface area contributed by atoms with Gasteiger partial charge in [0.05, 0.1) is 10.6 Å². The molecule has 0 saturated heterocycles. The largest absolute Gasteiger partial charge is 0.395 e. The number of rotatable bonds is 4. The molecule has 0 spiro atoms. The highest BCUT2D eigenvalue weighted by Gasteiger charge is 2.31. The Kier molecular flexibility index (Phi) is 4.44. The lowest BCUT2D eigenvalue weighted by Crippen LogP contribution is -2.00. The molecule has 0 fully saturated rings. The summed E-state index contributed by atoms with van der Waals surface area (Å²) in [6.45, 7) is 0.584. The van der Waals surface area contributed by atoms with Crippen LogP contribution in [0.3, 0.4) is 0 Å². The van der Waals surface area contributed by atoms with Crippen molar-refractivity contribution in [3.05, 3.63) is 56.7 Å². The van der Waals surface area contributed by atoms with Crippen molar-refractivity contribution in [1.29, 1.82) is 0 Å². The Labute approximate surface area is 135 Å². The van der Waals surface area contributed by atoms with Gasteiger partial charge >= 0.3 is 0 Å². The summed E-state index contributed by atoms with van der Waals surface area (Å²) in [6.07, 6.45) is 0.855. The van der Waals surface area contributed by atoms with E-state index in [4.69, 9.17) is 16.4 Å². The molecular formula is C15H13BrClNOS. The minimum atomic E-state index is 0.288. The molecule has 1 aromatic heterocycles. The standard InChI is InChI=1S/C15H13BrClNOS/c16-6-7-19-18-14-9-12(11-5-8-20-15(11)14)10-3-1-2-4-13(10)17/h1-5,8,12H,6-7,9H2. The third-order valence-corrected chi connectivity index (χ3v) is 5.00. The van der Waals surface area contributed by atoms with Crippen molar-refractivity contribution < 1.29 is 4.84 Å². The van der Waals surface area contributed by atoms with E-state index in [9.17, 15) is 0 Å². The molecule has 0 aliphatic heterocycles. The first-order valence-electron chi connectivity index (χ1n) is 6.38. The van der Waals surface area contributed by atoms with Gasteiger partial charge in [-0.3, -0.25) is 0 Å².